The molecule has 0 saturated heterocycles. The molecule has 0 spiro atoms. The second-order valence-corrected chi connectivity index (χ2v) is 8.32. The van der Waals surface area contributed by atoms with E-state index in [4.69, 9.17) is 0 Å². The third-order valence-corrected chi connectivity index (χ3v) is 5.29. The number of nitrogens with one attached hydrogen (secondary N) is 2. The number of guanidine groups is 1. The molecule has 1 fully saturated rings. The van der Waals surface area contributed by atoms with Crippen molar-refractivity contribution < 1.29 is 4.79 Å². The smallest absolute Gasteiger partial charge is 0.243 e. The molecular weight excluding hydrogens is 453 g/mol. The predicted molar refractivity (Wildman–Crippen MR) is 126 cm³/mol. The number of nitrogens with zero attached hydrogens (tertiary/aromatic N) is 3. The fourth-order valence-electron chi connectivity index (χ4n) is 3.56. The maximum atomic E-state index is 11.9. The van der Waals surface area contributed by atoms with Crippen LogP contribution >= 0.6 is 24.0 Å². The molecule has 1 amide bonds. The second-order valence-electron chi connectivity index (χ2n) is 8.32. The van der Waals surface area contributed by atoms with Gasteiger partial charge in [0.05, 0.1) is 0 Å². The minimum Gasteiger partial charge on any atom is -0.355 e. The molecule has 1 saturated carbocycles. The summed E-state index contributed by atoms with van der Waals surface area (Å²) < 4.78 is 0. The summed E-state index contributed by atoms with van der Waals surface area (Å²) in [6.07, 6.45) is 5.01. The number of carbonyl (C=O) groups is 1. The third-order valence-electron chi connectivity index (χ3n) is 5.29. The molecule has 1 aliphatic carbocycles. The van der Waals surface area contributed by atoms with Crippen LogP contribution in [0.15, 0.2) is 4.99 Å². The van der Waals surface area contributed by atoms with Gasteiger partial charge in [-0.05, 0) is 46.5 Å². The molecule has 1 aliphatic rings. The van der Waals surface area contributed by atoms with Crippen molar-refractivity contribution in [3.05, 3.63) is 0 Å². The van der Waals surface area contributed by atoms with Crippen molar-refractivity contribution in [1.82, 2.24) is 20.4 Å². The summed E-state index contributed by atoms with van der Waals surface area (Å²) in [4.78, 5) is 20.5. The van der Waals surface area contributed by atoms with Crippen LogP contribution < -0.4 is 10.6 Å². The Labute approximate surface area is 183 Å². The zero-order valence-corrected chi connectivity index (χ0v) is 20.7. The van der Waals surface area contributed by atoms with Crippen LogP contribution in [0.2, 0.25) is 0 Å². The SMILES string of the molecule is CC1CCCCC1NC(=NCC(=O)N(C)C)NCCN(C(C)C)C(C)C.I. The molecule has 0 bridgehead atoms. The Morgan fingerprint density at radius 2 is 1.70 bits per heavy atom. The second kappa shape index (κ2) is 13.6. The largest absolute Gasteiger partial charge is 0.355 e. The first kappa shape index (κ1) is 26.4. The summed E-state index contributed by atoms with van der Waals surface area (Å²) in [6, 6.07) is 1.47. The van der Waals surface area contributed by atoms with Crippen LogP contribution in [0.1, 0.15) is 60.3 Å². The van der Waals surface area contributed by atoms with Gasteiger partial charge < -0.3 is 15.5 Å². The van der Waals surface area contributed by atoms with E-state index in [1.807, 2.05) is 0 Å². The fourth-order valence-corrected chi connectivity index (χ4v) is 3.56. The van der Waals surface area contributed by atoms with Crippen molar-refractivity contribution in [1.29, 1.82) is 0 Å². The number of halogens is 1. The van der Waals surface area contributed by atoms with Gasteiger partial charge in [0.15, 0.2) is 5.96 Å². The molecular formula is C20H42IN5O. The molecule has 0 aromatic heterocycles. The van der Waals surface area contributed by atoms with Gasteiger partial charge in [-0.25, -0.2) is 4.99 Å². The highest BCUT2D eigenvalue weighted by Crippen LogP contribution is 2.23. The van der Waals surface area contributed by atoms with Crippen LogP contribution in [0.5, 0.6) is 0 Å². The lowest BCUT2D eigenvalue weighted by atomic mass is 9.86. The highest BCUT2D eigenvalue weighted by Gasteiger charge is 2.22. The first-order chi connectivity index (χ1) is 12.2. The number of hydrogen-bond donors (Lipinski definition) is 2. The van der Waals surface area contributed by atoms with Crippen LogP contribution in [0.25, 0.3) is 0 Å². The summed E-state index contributed by atoms with van der Waals surface area (Å²) in [5.41, 5.74) is 0. The van der Waals surface area contributed by atoms with Crippen LogP contribution in [-0.2, 0) is 4.79 Å². The summed E-state index contributed by atoms with van der Waals surface area (Å²) in [7, 11) is 3.54. The average molecular weight is 495 g/mol. The summed E-state index contributed by atoms with van der Waals surface area (Å²) >= 11 is 0. The highest BCUT2D eigenvalue weighted by molar-refractivity contribution is 14.0. The van der Waals surface area contributed by atoms with Gasteiger partial charge in [-0.3, -0.25) is 9.69 Å². The Hall–Kier alpha value is -0.570. The van der Waals surface area contributed by atoms with Crippen LogP contribution in [0.3, 0.4) is 0 Å². The molecule has 2 N–H and O–H groups in total. The normalized spacial score (nSPS) is 20.6. The molecule has 2 atom stereocenters. The van der Waals surface area contributed by atoms with Crippen molar-refractivity contribution in [3.63, 3.8) is 0 Å². The number of aliphatic imine (C=N–C) groups is 1. The maximum Gasteiger partial charge on any atom is 0.243 e. The van der Waals surface area contributed by atoms with Gasteiger partial charge in [-0.2, -0.15) is 0 Å². The van der Waals surface area contributed by atoms with Gasteiger partial charge in [0.25, 0.3) is 0 Å². The van der Waals surface area contributed by atoms with Gasteiger partial charge in [0.2, 0.25) is 5.91 Å². The molecule has 6 nitrogen and oxygen atoms in total. The highest BCUT2D eigenvalue weighted by atomic mass is 127. The first-order valence-electron chi connectivity index (χ1n) is 10.2. The van der Waals surface area contributed by atoms with Crippen LogP contribution in [-0.4, -0.2) is 73.5 Å². The zero-order valence-electron chi connectivity index (χ0n) is 18.4. The molecule has 160 valence electrons. The molecule has 0 aromatic carbocycles. The van der Waals surface area contributed by atoms with Crippen molar-refractivity contribution in [3.8, 4) is 0 Å². The lowest BCUT2D eigenvalue weighted by Gasteiger charge is -2.32. The topological polar surface area (TPSA) is 60.0 Å². The number of hydrogen-bond acceptors (Lipinski definition) is 3. The van der Waals surface area contributed by atoms with E-state index in [-0.39, 0.29) is 36.4 Å². The Morgan fingerprint density at radius 1 is 1.11 bits per heavy atom. The molecule has 1 rings (SSSR count). The summed E-state index contributed by atoms with van der Waals surface area (Å²) in [5.74, 6) is 1.43. The standard InChI is InChI=1S/C20H41N5O.HI/c1-15(2)25(16(3)4)13-12-21-20(22-14-19(26)24(6)7)23-18-11-9-8-10-17(18)5;/h15-18H,8-14H2,1-7H3,(H2,21,22,23);1H. The van der Waals surface area contributed by atoms with Gasteiger partial charge in [-0.15, -0.1) is 24.0 Å². The van der Waals surface area contributed by atoms with Crippen molar-refractivity contribution in [2.75, 3.05) is 33.7 Å². The maximum absolute atomic E-state index is 11.9. The number of carbonyl (C=O) groups excluding carboxylic acids is 1. The van der Waals surface area contributed by atoms with Crippen LogP contribution in [0.4, 0.5) is 0 Å². The quantitative estimate of drug-likeness (QED) is 0.309. The number of likely N-dealkylation sites (N-methyl/N-ethyl adjacent to an activating group) is 1. The molecule has 0 aliphatic heterocycles. The van der Waals surface area contributed by atoms with Crippen molar-refractivity contribution in [2.45, 2.75) is 78.4 Å². The lowest BCUT2D eigenvalue weighted by Crippen LogP contribution is -2.50. The minimum atomic E-state index is 0. The zero-order chi connectivity index (χ0) is 19.7. The van der Waals surface area contributed by atoms with E-state index in [2.05, 4.69) is 55.1 Å². The monoisotopic (exact) mass is 495 g/mol. The van der Waals surface area contributed by atoms with Gasteiger partial charge >= 0.3 is 0 Å². The number of rotatable bonds is 8. The Morgan fingerprint density at radius 3 is 2.22 bits per heavy atom. The van der Waals surface area contributed by atoms with E-state index in [0.717, 1.165) is 19.0 Å². The first-order valence-corrected chi connectivity index (χ1v) is 10.2. The molecule has 27 heavy (non-hydrogen) atoms. The molecule has 0 aromatic rings. The fraction of sp³-hybridized carbons (Fsp3) is 0.900. The van der Waals surface area contributed by atoms with Crippen molar-refractivity contribution >= 4 is 35.8 Å². The molecule has 2 unspecified atom stereocenters. The summed E-state index contributed by atoms with van der Waals surface area (Å²) in [5, 5.41) is 7.03. The van der Waals surface area contributed by atoms with E-state index in [0.29, 0.717) is 24.0 Å². The minimum absolute atomic E-state index is 0. The molecule has 0 radical (unpaired) electrons. The van der Waals surface area contributed by atoms with E-state index < -0.39 is 0 Å². The summed E-state index contributed by atoms with van der Waals surface area (Å²) in [6.45, 7) is 13.2. The molecule has 0 heterocycles. The number of amides is 1. The van der Waals surface area contributed by atoms with Crippen molar-refractivity contribution in [2.24, 2.45) is 10.9 Å². The average Bonchev–Trinajstić information content (AvgIpc) is 2.56. The lowest BCUT2D eigenvalue weighted by molar-refractivity contribution is -0.127. The molecule has 7 heteroatoms. The van der Waals surface area contributed by atoms with Crippen LogP contribution in [0, 0.1) is 5.92 Å². The Kier molecular flexibility index (Phi) is 13.3. The predicted octanol–water partition coefficient (Wildman–Crippen LogP) is 2.93. The van der Waals surface area contributed by atoms with Gasteiger partial charge in [0, 0.05) is 45.3 Å². The van der Waals surface area contributed by atoms with Gasteiger partial charge in [0.1, 0.15) is 6.54 Å². The van der Waals surface area contributed by atoms with Gasteiger partial charge in [-0.1, -0.05) is 19.8 Å². The van der Waals surface area contributed by atoms with E-state index in [1.54, 1.807) is 19.0 Å². The third kappa shape index (κ3) is 9.96. The Balaban J connectivity index is 0.00000676. The van der Waals surface area contributed by atoms with E-state index in [1.165, 1.54) is 25.7 Å². The Bertz CT molecular complexity index is 446. The van der Waals surface area contributed by atoms with E-state index >= 15 is 0 Å². The van der Waals surface area contributed by atoms with E-state index in [9.17, 15) is 4.79 Å².